The quantitative estimate of drug-likeness (QED) is 0.727. The van der Waals surface area contributed by atoms with Crippen molar-refractivity contribution in [3.63, 3.8) is 0 Å². The topological polar surface area (TPSA) is 72.7 Å². The molecule has 0 aliphatic heterocycles. The van der Waals surface area contributed by atoms with Crippen molar-refractivity contribution >= 4 is 34.8 Å². The van der Waals surface area contributed by atoms with E-state index in [-0.39, 0.29) is 12.3 Å². The van der Waals surface area contributed by atoms with E-state index in [9.17, 15) is 9.59 Å². The maximum Gasteiger partial charge on any atom is 0.337 e. The van der Waals surface area contributed by atoms with Gasteiger partial charge in [0.1, 0.15) is 5.65 Å². The lowest BCUT2D eigenvalue weighted by molar-refractivity contribution is -0.115. The summed E-state index contributed by atoms with van der Waals surface area (Å²) in [5.41, 5.74) is 3.19. The number of aryl methyl sites for hydroxylation is 1. The number of carbonyl (C=O) groups excluding carboxylic acids is 2. The van der Waals surface area contributed by atoms with Crippen LogP contribution in [0.2, 0.25) is 5.02 Å². The SMILES string of the molecule is COC(=O)c1ccc(Cl)c(NC(=O)Cc2cn3ccc(C)cc3n2)c1. The first kappa shape index (κ1) is 17.0. The molecule has 0 bridgehead atoms. The Morgan fingerprint density at radius 2 is 2.08 bits per heavy atom. The minimum atomic E-state index is -0.497. The number of imidazole rings is 1. The van der Waals surface area contributed by atoms with E-state index < -0.39 is 5.97 Å². The summed E-state index contributed by atoms with van der Waals surface area (Å²) in [7, 11) is 1.29. The number of benzene rings is 1. The molecule has 6 nitrogen and oxygen atoms in total. The summed E-state index contributed by atoms with van der Waals surface area (Å²) in [5, 5.41) is 3.05. The number of halogens is 1. The third kappa shape index (κ3) is 3.80. The maximum atomic E-state index is 12.3. The Bertz CT molecular complexity index is 965. The fourth-order valence-corrected chi connectivity index (χ4v) is 2.61. The Labute approximate surface area is 149 Å². The number of nitrogens with one attached hydrogen (secondary N) is 1. The number of esters is 1. The Kier molecular flexibility index (Phi) is 4.72. The lowest BCUT2D eigenvalue weighted by Crippen LogP contribution is -2.15. The van der Waals surface area contributed by atoms with Crippen LogP contribution in [0.4, 0.5) is 5.69 Å². The van der Waals surface area contributed by atoms with Gasteiger partial charge in [0.05, 0.1) is 35.5 Å². The van der Waals surface area contributed by atoms with E-state index in [1.807, 2.05) is 29.7 Å². The standard InChI is InChI=1S/C18H16ClN3O3/c1-11-5-6-22-10-13(20-16(22)7-11)9-17(23)21-15-8-12(18(24)25-2)3-4-14(15)19/h3-8,10H,9H2,1-2H3,(H,21,23). The van der Waals surface area contributed by atoms with Crippen LogP contribution in [0.5, 0.6) is 0 Å². The number of methoxy groups -OCH3 is 1. The lowest BCUT2D eigenvalue weighted by Gasteiger charge is -2.08. The van der Waals surface area contributed by atoms with E-state index in [0.717, 1.165) is 11.2 Å². The molecule has 0 aliphatic carbocycles. The van der Waals surface area contributed by atoms with Crippen LogP contribution in [0.25, 0.3) is 5.65 Å². The van der Waals surface area contributed by atoms with E-state index in [0.29, 0.717) is 22.0 Å². The van der Waals surface area contributed by atoms with Crippen molar-refractivity contribution in [2.24, 2.45) is 0 Å². The van der Waals surface area contributed by atoms with Gasteiger partial charge in [0, 0.05) is 12.4 Å². The minimum Gasteiger partial charge on any atom is -0.465 e. The molecule has 0 saturated heterocycles. The van der Waals surface area contributed by atoms with Gasteiger partial charge in [0.2, 0.25) is 5.91 Å². The van der Waals surface area contributed by atoms with Crippen LogP contribution in [0, 0.1) is 6.92 Å². The maximum absolute atomic E-state index is 12.3. The average Bonchev–Trinajstić information content (AvgIpc) is 2.97. The lowest BCUT2D eigenvalue weighted by atomic mass is 10.2. The van der Waals surface area contributed by atoms with Crippen LogP contribution in [-0.4, -0.2) is 28.4 Å². The first-order valence-corrected chi connectivity index (χ1v) is 7.96. The number of fused-ring (bicyclic) bond motifs is 1. The molecule has 128 valence electrons. The summed E-state index contributed by atoms with van der Waals surface area (Å²) in [4.78, 5) is 28.3. The Morgan fingerprint density at radius 1 is 1.28 bits per heavy atom. The van der Waals surface area contributed by atoms with E-state index in [1.54, 1.807) is 6.20 Å². The molecule has 0 saturated carbocycles. The van der Waals surface area contributed by atoms with Crippen molar-refractivity contribution in [2.45, 2.75) is 13.3 Å². The number of pyridine rings is 1. The highest BCUT2D eigenvalue weighted by Gasteiger charge is 2.13. The van der Waals surface area contributed by atoms with Crippen molar-refractivity contribution in [2.75, 3.05) is 12.4 Å². The zero-order chi connectivity index (χ0) is 18.0. The zero-order valence-electron chi connectivity index (χ0n) is 13.7. The van der Waals surface area contributed by atoms with E-state index in [4.69, 9.17) is 11.6 Å². The van der Waals surface area contributed by atoms with Gasteiger partial charge >= 0.3 is 5.97 Å². The van der Waals surface area contributed by atoms with Crippen LogP contribution in [0.15, 0.2) is 42.7 Å². The molecule has 3 rings (SSSR count). The molecule has 1 aromatic carbocycles. The second-order valence-electron chi connectivity index (χ2n) is 5.61. The van der Waals surface area contributed by atoms with Crippen molar-refractivity contribution in [1.29, 1.82) is 0 Å². The smallest absolute Gasteiger partial charge is 0.337 e. The summed E-state index contributed by atoms with van der Waals surface area (Å²) >= 11 is 6.09. The molecule has 0 unspecified atom stereocenters. The van der Waals surface area contributed by atoms with Crippen molar-refractivity contribution in [1.82, 2.24) is 9.38 Å². The van der Waals surface area contributed by atoms with Crippen LogP contribution in [0.3, 0.4) is 0 Å². The number of hydrogen-bond donors (Lipinski definition) is 1. The van der Waals surface area contributed by atoms with Gasteiger partial charge in [-0.2, -0.15) is 0 Å². The van der Waals surface area contributed by atoms with Gasteiger partial charge in [-0.05, 0) is 42.8 Å². The van der Waals surface area contributed by atoms with E-state index in [1.165, 1.54) is 25.3 Å². The molecule has 3 aromatic rings. The molecule has 1 N–H and O–H groups in total. The molecule has 0 aliphatic rings. The van der Waals surface area contributed by atoms with Gasteiger partial charge < -0.3 is 14.5 Å². The van der Waals surface area contributed by atoms with Crippen LogP contribution < -0.4 is 5.32 Å². The van der Waals surface area contributed by atoms with Crippen molar-refractivity contribution in [3.05, 3.63) is 64.6 Å². The first-order valence-electron chi connectivity index (χ1n) is 7.58. The average molecular weight is 358 g/mol. The molecule has 7 heteroatoms. The number of ether oxygens (including phenoxy) is 1. The first-order chi connectivity index (χ1) is 12.0. The van der Waals surface area contributed by atoms with Gasteiger partial charge in [-0.3, -0.25) is 4.79 Å². The molecule has 0 fully saturated rings. The zero-order valence-corrected chi connectivity index (χ0v) is 14.5. The van der Waals surface area contributed by atoms with Gasteiger partial charge in [-0.1, -0.05) is 11.6 Å². The molecular weight excluding hydrogens is 342 g/mol. The van der Waals surface area contributed by atoms with Crippen molar-refractivity contribution in [3.8, 4) is 0 Å². The summed E-state index contributed by atoms with van der Waals surface area (Å²) < 4.78 is 6.53. The van der Waals surface area contributed by atoms with Gasteiger partial charge in [-0.25, -0.2) is 9.78 Å². The predicted molar refractivity (Wildman–Crippen MR) is 95.1 cm³/mol. The molecule has 2 heterocycles. The molecule has 1 amide bonds. The normalized spacial score (nSPS) is 10.7. The molecule has 2 aromatic heterocycles. The van der Waals surface area contributed by atoms with E-state index >= 15 is 0 Å². The van der Waals surface area contributed by atoms with Crippen molar-refractivity contribution < 1.29 is 14.3 Å². The van der Waals surface area contributed by atoms with Crippen LogP contribution in [-0.2, 0) is 16.0 Å². The minimum absolute atomic E-state index is 0.0967. The number of nitrogens with zero attached hydrogens (tertiary/aromatic N) is 2. The summed E-state index contributed by atoms with van der Waals surface area (Å²) in [6.07, 6.45) is 3.80. The second-order valence-corrected chi connectivity index (χ2v) is 6.02. The third-order valence-electron chi connectivity index (χ3n) is 3.67. The highest BCUT2D eigenvalue weighted by Crippen LogP contribution is 2.23. The number of carbonyl (C=O) groups is 2. The largest absolute Gasteiger partial charge is 0.465 e. The number of aromatic nitrogens is 2. The summed E-state index contributed by atoms with van der Waals surface area (Å²) in [5.74, 6) is -0.771. The Morgan fingerprint density at radius 3 is 2.84 bits per heavy atom. The summed E-state index contributed by atoms with van der Waals surface area (Å²) in [6, 6.07) is 8.47. The van der Waals surface area contributed by atoms with E-state index in [2.05, 4.69) is 15.0 Å². The predicted octanol–water partition coefficient (Wildman–Crippen LogP) is 3.26. The van der Waals surface area contributed by atoms with Gasteiger partial charge in [0.25, 0.3) is 0 Å². The third-order valence-corrected chi connectivity index (χ3v) is 4.00. The Hall–Kier alpha value is -2.86. The molecule has 0 atom stereocenters. The monoisotopic (exact) mass is 357 g/mol. The number of rotatable bonds is 4. The highest BCUT2D eigenvalue weighted by molar-refractivity contribution is 6.33. The number of hydrogen-bond acceptors (Lipinski definition) is 4. The van der Waals surface area contributed by atoms with Gasteiger partial charge in [0.15, 0.2) is 0 Å². The van der Waals surface area contributed by atoms with Crippen LogP contribution in [0.1, 0.15) is 21.6 Å². The number of anilines is 1. The Balaban J connectivity index is 1.76. The fraction of sp³-hybridized carbons (Fsp3) is 0.167. The second kappa shape index (κ2) is 6.94. The summed E-state index contributed by atoms with van der Waals surface area (Å²) in [6.45, 7) is 1.98. The fourth-order valence-electron chi connectivity index (χ4n) is 2.45. The molecule has 25 heavy (non-hydrogen) atoms. The van der Waals surface area contributed by atoms with Crippen LogP contribution >= 0.6 is 11.6 Å². The van der Waals surface area contributed by atoms with Gasteiger partial charge in [-0.15, -0.1) is 0 Å². The molecule has 0 spiro atoms. The molecular formula is C18H16ClN3O3. The molecule has 0 radical (unpaired) electrons. The number of amides is 1. The highest BCUT2D eigenvalue weighted by atomic mass is 35.5.